The van der Waals surface area contributed by atoms with Gasteiger partial charge >= 0.3 is 0 Å². The van der Waals surface area contributed by atoms with Crippen molar-refractivity contribution in [3.8, 4) is 10.4 Å². The highest BCUT2D eigenvalue weighted by Gasteiger charge is 2.29. The van der Waals surface area contributed by atoms with Crippen molar-refractivity contribution in [3.05, 3.63) is 145 Å². The molecule has 5 aromatic carbocycles. The molecule has 0 amide bonds. The number of aliphatic imine (C=N–C) groups is 2. The Bertz CT molecular complexity index is 2110. The van der Waals surface area contributed by atoms with Gasteiger partial charge < -0.3 is 4.90 Å². The smallest absolute Gasteiger partial charge is 0.214 e. The van der Waals surface area contributed by atoms with Crippen LogP contribution < -0.4 is 0 Å². The Labute approximate surface area is 242 Å². The van der Waals surface area contributed by atoms with Crippen LogP contribution in [-0.2, 0) is 0 Å². The normalized spacial score (nSPS) is 15.4. The number of aromatic nitrogens is 1. The van der Waals surface area contributed by atoms with Crippen LogP contribution in [0.4, 0.5) is 0 Å². The Balaban J connectivity index is 1.40. The zero-order valence-electron chi connectivity index (χ0n) is 22.5. The minimum absolute atomic E-state index is 0.203. The molecule has 0 bridgehead atoms. The number of hydrogen-bond acceptors (Lipinski definition) is 4. The van der Waals surface area contributed by atoms with Gasteiger partial charge in [-0.15, -0.1) is 11.3 Å². The molecule has 3 heterocycles. The summed E-state index contributed by atoms with van der Waals surface area (Å²) in [7, 11) is 2.10. The standard InChI is InChI=1S/C36H26N4S/c1-39-35(26-17-9-4-10-18-26)37-34(25-15-7-3-8-16-25)38-36(39)40-29-20-12-11-19-28(29)32-30(40)22-21-27-23-31(41-33(27)32)24-13-5-2-6-14-24/h2-23,35H,1H3. The van der Waals surface area contributed by atoms with Crippen LogP contribution in [0.3, 0.4) is 0 Å². The van der Waals surface area contributed by atoms with Crippen LogP contribution >= 0.6 is 11.3 Å². The zero-order chi connectivity index (χ0) is 27.3. The first kappa shape index (κ1) is 23.9. The molecule has 0 spiro atoms. The summed E-state index contributed by atoms with van der Waals surface area (Å²) in [6.07, 6.45) is -0.203. The molecule has 4 nitrogen and oxygen atoms in total. The third-order valence-electron chi connectivity index (χ3n) is 7.84. The molecule has 1 aliphatic heterocycles. The number of para-hydroxylation sites is 1. The van der Waals surface area contributed by atoms with E-state index in [0.29, 0.717) is 0 Å². The molecule has 2 aromatic heterocycles. The first-order valence-electron chi connectivity index (χ1n) is 13.8. The molecule has 0 aliphatic carbocycles. The van der Waals surface area contributed by atoms with Crippen LogP contribution in [-0.4, -0.2) is 28.3 Å². The highest BCUT2D eigenvalue weighted by molar-refractivity contribution is 7.23. The summed E-state index contributed by atoms with van der Waals surface area (Å²) in [5.74, 6) is 1.60. The summed E-state index contributed by atoms with van der Waals surface area (Å²) >= 11 is 1.86. The maximum Gasteiger partial charge on any atom is 0.214 e. The fourth-order valence-electron chi connectivity index (χ4n) is 5.88. The van der Waals surface area contributed by atoms with Crippen molar-refractivity contribution in [2.24, 2.45) is 9.98 Å². The monoisotopic (exact) mass is 546 g/mol. The number of hydrogen-bond donors (Lipinski definition) is 0. The molecule has 7 aromatic rings. The molecule has 5 heteroatoms. The minimum Gasteiger partial charge on any atom is -0.319 e. The van der Waals surface area contributed by atoms with E-state index < -0.39 is 0 Å². The van der Waals surface area contributed by atoms with E-state index in [9.17, 15) is 0 Å². The molecule has 0 saturated heterocycles. The number of benzene rings is 5. The molecular formula is C36H26N4S. The fourth-order valence-corrected chi connectivity index (χ4v) is 7.10. The average Bonchev–Trinajstić information content (AvgIpc) is 3.62. The SMILES string of the molecule is CN1C(n2c3ccccc3c3c4sc(-c5ccccc5)cc4ccc32)=NC(c2ccccc2)=NC1c1ccccc1. The number of rotatable bonds is 3. The van der Waals surface area contributed by atoms with Gasteiger partial charge in [0.25, 0.3) is 0 Å². The van der Waals surface area contributed by atoms with E-state index in [1.807, 2.05) is 35.6 Å². The van der Waals surface area contributed by atoms with E-state index >= 15 is 0 Å². The molecule has 0 N–H and O–H groups in total. The van der Waals surface area contributed by atoms with Crippen molar-refractivity contribution in [2.75, 3.05) is 7.05 Å². The van der Waals surface area contributed by atoms with Gasteiger partial charge in [0.2, 0.25) is 5.96 Å². The van der Waals surface area contributed by atoms with E-state index in [1.54, 1.807) is 0 Å². The maximum atomic E-state index is 5.24. The van der Waals surface area contributed by atoms with Crippen LogP contribution in [0, 0.1) is 0 Å². The van der Waals surface area contributed by atoms with Crippen LogP contribution in [0.2, 0.25) is 0 Å². The molecule has 1 unspecified atom stereocenters. The summed E-state index contributed by atoms with van der Waals surface area (Å²) in [4.78, 5) is 13.9. The number of thiophene rings is 1. The third-order valence-corrected chi connectivity index (χ3v) is 9.06. The lowest BCUT2D eigenvalue weighted by Crippen LogP contribution is -2.39. The minimum atomic E-state index is -0.203. The highest BCUT2D eigenvalue weighted by atomic mass is 32.1. The summed E-state index contributed by atoms with van der Waals surface area (Å²) < 4.78 is 3.62. The molecule has 8 rings (SSSR count). The van der Waals surface area contributed by atoms with Crippen LogP contribution in [0.25, 0.3) is 42.3 Å². The summed E-state index contributed by atoms with van der Waals surface area (Å²) in [5.41, 5.74) is 5.66. The molecule has 196 valence electrons. The average molecular weight is 547 g/mol. The second-order valence-corrected chi connectivity index (χ2v) is 11.4. The van der Waals surface area contributed by atoms with Gasteiger partial charge in [0, 0.05) is 33.0 Å². The first-order valence-corrected chi connectivity index (χ1v) is 14.6. The van der Waals surface area contributed by atoms with E-state index in [2.05, 4.69) is 126 Å². The van der Waals surface area contributed by atoms with Gasteiger partial charge in [0.1, 0.15) is 0 Å². The Kier molecular flexibility index (Phi) is 5.57. The Morgan fingerprint density at radius 1 is 0.659 bits per heavy atom. The summed E-state index contributed by atoms with van der Waals surface area (Å²) in [6, 6.07) is 46.9. The van der Waals surface area contributed by atoms with E-state index in [1.165, 1.54) is 31.3 Å². The number of nitrogens with zero attached hydrogens (tertiary/aromatic N) is 4. The van der Waals surface area contributed by atoms with Gasteiger partial charge in [-0.2, -0.15) is 4.99 Å². The third kappa shape index (κ3) is 3.89. The summed E-state index contributed by atoms with van der Waals surface area (Å²) in [6.45, 7) is 0. The van der Waals surface area contributed by atoms with Gasteiger partial charge in [0.15, 0.2) is 12.0 Å². The summed E-state index contributed by atoms with van der Waals surface area (Å²) in [5, 5.41) is 3.75. The Hall–Kier alpha value is -5.00. The van der Waals surface area contributed by atoms with Gasteiger partial charge in [-0.05, 0) is 34.7 Å². The van der Waals surface area contributed by atoms with Crippen molar-refractivity contribution >= 4 is 55.0 Å². The Morgan fingerprint density at radius 2 is 1.32 bits per heavy atom. The van der Waals surface area contributed by atoms with Gasteiger partial charge in [-0.1, -0.05) is 115 Å². The van der Waals surface area contributed by atoms with Crippen molar-refractivity contribution in [2.45, 2.75) is 6.17 Å². The lowest BCUT2D eigenvalue weighted by molar-refractivity contribution is 0.372. The number of fused-ring (bicyclic) bond motifs is 5. The van der Waals surface area contributed by atoms with Crippen molar-refractivity contribution in [3.63, 3.8) is 0 Å². The molecule has 1 aliphatic rings. The highest BCUT2D eigenvalue weighted by Crippen LogP contribution is 2.42. The topological polar surface area (TPSA) is 32.9 Å². The predicted molar refractivity (Wildman–Crippen MR) is 173 cm³/mol. The van der Waals surface area contributed by atoms with E-state index in [0.717, 1.165) is 34.0 Å². The molecule has 0 fully saturated rings. The maximum absolute atomic E-state index is 5.24. The zero-order valence-corrected chi connectivity index (χ0v) is 23.3. The molecular weight excluding hydrogens is 520 g/mol. The quantitative estimate of drug-likeness (QED) is 0.218. The van der Waals surface area contributed by atoms with Crippen LogP contribution in [0.1, 0.15) is 17.3 Å². The van der Waals surface area contributed by atoms with Crippen molar-refractivity contribution in [1.82, 2.24) is 9.47 Å². The molecule has 0 saturated carbocycles. The van der Waals surface area contributed by atoms with E-state index in [-0.39, 0.29) is 6.17 Å². The lowest BCUT2D eigenvalue weighted by Gasteiger charge is -2.33. The Morgan fingerprint density at radius 3 is 2.07 bits per heavy atom. The number of amidine groups is 1. The lowest BCUT2D eigenvalue weighted by atomic mass is 10.1. The molecule has 0 radical (unpaired) electrons. The van der Waals surface area contributed by atoms with E-state index in [4.69, 9.17) is 9.98 Å². The van der Waals surface area contributed by atoms with Crippen molar-refractivity contribution in [1.29, 1.82) is 0 Å². The fraction of sp³-hybridized carbons (Fsp3) is 0.0556. The first-order chi connectivity index (χ1) is 20.3. The predicted octanol–water partition coefficient (Wildman–Crippen LogP) is 8.97. The molecule has 41 heavy (non-hydrogen) atoms. The van der Waals surface area contributed by atoms with Crippen LogP contribution in [0.15, 0.2) is 143 Å². The largest absolute Gasteiger partial charge is 0.319 e. The molecule has 1 atom stereocenters. The van der Waals surface area contributed by atoms with Crippen molar-refractivity contribution < 1.29 is 0 Å². The van der Waals surface area contributed by atoms with Gasteiger partial charge in [-0.3, -0.25) is 4.57 Å². The van der Waals surface area contributed by atoms with Gasteiger partial charge in [-0.25, -0.2) is 4.99 Å². The van der Waals surface area contributed by atoms with Crippen LogP contribution in [0.5, 0.6) is 0 Å². The van der Waals surface area contributed by atoms with Gasteiger partial charge in [0.05, 0.1) is 11.0 Å². The second kappa shape index (κ2) is 9.58. The second-order valence-electron chi connectivity index (χ2n) is 10.3.